The molecule has 0 radical (unpaired) electrons. The van der Waals surface area contributed by atoms with Crippen molar-refractivity contribution in [2.45, 2.75) is 32.2 Å². The molecule has 0 atom stereocenters. The zero-order chi connectivity index (χ0) is 17.1. The molecule has 0 fully saturated rings. The Morgan fingerprint density at radius 3 is 2.52 bits per heavy atom. The number of amides is 1. The van der Waals surface area contributed by atoms with E-state index in [1.807, 2.05) is 36.4 Å². The van der Waals surface area contributed by atoms with Crippen molar-refractivity contribution in [3.8, 4) is 0 Å². The molecule has 0 aromatic heterocycles. The van der Waals surface area contributed by atoms with Crippen molar-refractivity contribution in [1.29, 1.82) is 0 Å². The first-order valence-corrected chi connectivity index (χ1v) is 7.77. The van der Waals surface area contributed by atoms with Crippen LogP contribution in [0.4, 0.5) is 0 Å². The van der Waals surface area contributed by atoms with E-state index in [4.69, 9.17) is 0 Å². The van der Waals surface area contributed by atoms with Crippen LogP contribution in [-0.4, -0.2) is 30.4 Å². The number of nitrogens with zero attached hydrogens (tertiary/aromatic N) is 1. The van der Waals surface area contributed by atoms with Gasteiger partial charge in [0.15, 0.2) is 0 Å². The van der Waals surface area contributed by atoms with Gasteiger partial charge in [0.05, 0.1) is 7.11 Å². The second-order valence-corrected chi connectivity index (χ2v) is 5.32. The lowest BCUT2D eigenvalue weighted by molar-refractivity contribution is -0.140. The lowest BCUT2D eigenvalue weighted by Gasteiger charge is -2.23. The maximum atomic E-state index is 12.6. The van der Waals surface area contributed by atoms with Crippen LogP contribution in [0.15, 0.2) is 55.1 Å². The topological polar surface area (TPSA) is 46.6 Å². The average molecular weight is 315 g/mol. The molecule has 0 aliphatic rings. The fourth-order valence-electron chi connectivity index (χ4n) is 2.17. The van der Waals surface area contributed by atoms with Crippen LogP contribution in [0.2, 0.25) is 0 Å². The van der Waals surface area contributed by atoms with Crippen LogP contribution in [0.3, 0.4) is 0 Å². The molecular weight excluding hydrogens is 290 g/mol. The molecule has 0 saturated carbocycles. The Morgan fingerprint density at radius 2 is 1.91 bits per heavy atom. The molecule has 1 aromatic rings. The molecule has 0 bridgehead atoms. The molecule has 0 heterocycles. The number of carbonyl (C=O) groups is 2. The Bertz CT molecular complexity index is 537. The molecule has 0 saturated heterocycles. The first-order valence-electron chi connectivity index (χ1n) is 7.77. The standard InChI is InChI=1S/C19H25NO3/c1-4-5-9-14-20(15-17-10-7-6-8-11-17)19(22)16(2)12-13-18(21)23-3/h4,6-8,10-11H,1-2,5,9,12-15H2,3H3. The van der Waals surface area contributed by atoms with Gasteiger partial charge in [-0.3, -0.25) is 9.59 Å². The fraction of sp³-hybridized carbons (Fsp3) is 0.368. The zero-order valence-electron chi connectivity index (χ0n) is 13.8. The summed E-state index contributed by atoms with van der Waals surface area (Å²) in [6.45, 7) is 8.71. The highest BCUT2D eigenvalue weighted by Gasteiger charge is 2.17. The lowest BCUT2D eigenvalue weighted by Crippen LogP contribution is -2.32. The lowest BCUT2D eigenvalue weighted by atomic mass is 10.1. The maximum Gasteiger partial charge on any atom is 0.305 e. The number of carbonyl (C=O) groups excluding carboxylic acids is 2. The summed E-state index contributed by atoms with van der Waals surface area (Å²) >= 11 is 0. The molecule has 4 nitrogen and oxygen atoms in total. The summed E-state index contributed by atoms with van der Waals surface area (Å²) in [6.07, 6.45) is 4.04. The molecule has 1 aromatic carbocycles. The highest BCUT2D eigenvalue weighted by molar-refractivity contribution is 5.93. The van der Waals surface area contributed by atoms with Crippen LogP contribution in [0.5, 0.6) is 0 Å². The third-order valence-corrected chi connectivity index (χ3v) is 3.50. The molecule has 4 heteroatoms. The van der Waals surface area contributed by atoms with Crippen LogP contribution >= 0.6 is 0 Å². The molecule has 1 amide bonds. The van der Waals surface area contributed by atoms with E-state index in [-0.39, 0.29) is 18.3 Å². The molecule has 0 spiro atoms. The summed E-state index contributed by atoms with van der Waals surface area (Å²) in [6, 6.07) is 9.83. The maximum absolute atomic E-state index is 12.6. The highest BCUT2D eigenvalue weighted by Crippen LogP contribution is 2.13. The monoisotopic (exact) mass is 315 g/mol. The predicted molar refractivity (Wildman–Crippen MR) is 91.7 cm³/mol. The van der Waals surface area contributed by atoms with Crippen molar-refractivity contribution < 1.29 is 14.3 Å². The Labute approximate surface area is 138 Å². The Morgan fingerprint density at radius 1 is 1.22 bits per heavy atom. The van der Waals surface area contributed by atoms with Gasteiger partial charge in [0, 0.05) is 25.1 Å². The van der Waals surface area contributed by atoms with E-state index >= 15 is 0 Å². The van der Waals surface area contributed by atoms with Crippen LogP contribution in [0.25, 0.3) is 0 Å². The molecule has 1 rings (SSSR count). The number of rotatable bonds is 10. The summed E-state index contributed by atoms with van der Waals surface area (Å²) < 4.78 is 4.60. The molecule has 0 aliphatic heterocycles. The van der Waals surface area contributed by atoms with Gasteiger partial charge in [-0.2, -0.15) is 0 Å². The van der Waals surface area contributed by atoms with Crippen LogP contribution < -0.4 is 0 Å². The van der Waals surface area contributed by atoms with Gasteiger partial charge >= 0.3 is 5.97 Å². The number of allylic oxidation sites excluding steroid dienone is 1. The van der Waals surface area contributed by atoms with Crippen molar-refractivity contribution in [3.63, 3.8) is 0 Å². The largest absolute Gasteiger partial charge is 0.469 e. The minimum Gasteiger partial charge on any atom is -0.469 e. The van der Waals surface area contributed by atoms with E-state index < -0.39 is 0 Å². The molecular formula is C19H25NO3. The van der Waals surface area contributed by atoms with Crippen molar-refractivity contribution in [1.82, 2.24) is 4.90 Å². The molecule has 0 unspecified atom stereocenters. The van der Waals surface area contributed by atoms with Crippen LogP contribution in [-0.2, 0) is 20.9 Å². The van der Waals surface area contributed by atoms with Crippen molar-refractivity contribution in [3.05, 3.63) is 60.7 Å². The van der Waals surface area contributed by atoms with E-state index in [9.17, 15) is 9.59 Å². The number of benzene rings is 1. The molecule has 23 heavy (non-hydrogen) atoms. The van der Waals surface area contributed by atoms with E-state index in [2.05, 4.69) is 17.9 Å². The molecule has 124 valence electrons. The number of ether oxygens (including phenoxy) is 1. The normalized spacial score (nSPS) is 9.96. The number of hydrogen-bond donors (Lipinski definition) is 0. The van der Waals surface area contributed by atoms with E-state index in [1.165, 1.54) is 7.11 Å². The van der Waals surface area contributed by atoms with Gasteiger partial charge in [-0.1, -0.05) is 43.0 Å². The first-order chi connectivity index (χ1) is 11.1. The van der Waals surface area contributed by atoms with Crippen LogP contribution in [0.1, 0.15) is 31.2 Å². The Balaban J connectivity index is 2.69. The first kappa shape index (κ1) is 18.7. The number of esters is 1. The fourth-order valence-corrected chi connectivity index (χ4v) is 2.17. The van der Waals surface area contributed by atoms with E-state index in [0.29, 0.717) is 25.1 Å². The van der Waals surface area contributed by atoms with Gasteiger partial charge in [0.1, 0.15) is 0 Å². The number of unbranched alkanes of at least 4 members (excludes halogenated alkanes) is 1. The van der Waals surface area contributed by atoms with Gasteiger partial charge in [-0.15, -0.1) is 6.58 Å². The van der Waals surface area contributed by atoms with Gasteiger partial charge in [0.2, 0.25) is 5.91 Å². The third-order valence-electron chi connectivity index (χ3n) is 3.50. The average Bonchev–Trinajstić information content (AvgIpc) is 2.58. The van der Waals surface area contributed by atoms with Crippen molar-refractivity contribution in [2.24, 2.45) is 0 Å². The quantitative estimate of drug-likeness (QED) is 0.287. The van der Waals surface area contributed by atoms with Gasteiger partial charge < -0.3 is 9.64 Å². The zero-order valence-corrected chi connectivity index (χ0v) is 13.8. The predicted octanol–water partition coefficient (Wildman–Crippen LogP) is 3.49. The van der Waals surface area contributed by atoms with Crippen molar-refractivity contribution in [2.75, 3.05) is 13.7 Å². The second kappa shape index (κ2) is 10.4. The number of hydrogen-bond acceptors (Lipinski definition) is 3. The number of methoxy groups -OCH3 is 1. The Kier molecular flexibility index (Phi) is 8.43. The summed E-state index contributed by atoms with van der Waals surface area (Å²) in [4.78, 5) is 25.6. The molecule has 0 N–H and O–H groups in total. The van der Waals surface area contributed by atoms with E-state index in [0.717, 1.165) is 18.4 Å². The van der Waals surface area contributed by atoms with Gasteiger partial charge in [-0.25, -0.2) is 0 Å². The van der Waals surface area contributed by atoms with Crippen molar-refractivity contribution >= 4 is 11.9 Å². The SMILES string of the molecule is C=CCCCN(Cc1ccccc1)C(=O)C(=C)CCC(=O)OC. The highest BCUT2D eigenvalue weighted by atomic mass is 16.5. The second-order valence-electron chi connectivity index (χ2n) is 5.32. The van der Waals surface area contributed by atoms with Gasteiger partial charge in [0.25, 0.3) is 0 Å². The summed E-state index contributed by atoms with van der Waals surface area (Å²) in [5.74, 6) is -0.443. The minimum atomic E-state index is -0.333. The smallest absolute Gasteiger partial charge is 0.305 e. The van der Waals surface area contributed by atoms with Gasteiger partial charge in [-0.05, 0) is 24.8 Å². The summed E-state index contributed by atoms with van der Waals surface area (Å²) in [5, 5.41) is 0. The minimum absolute atomic E-state index is 0.109. The third kappa shape index (κ3) is 6.96. The Hall–Kier alpha value is -2.36. The summed E-state index contributed by atoms with van der Waals surface area (Å²) in [5.41, 5.74) is 1.50. The molecule has 0 aliphatic carbocycles. The van der Waals surface area contributed by atoms with Crippen LogP contribution in [0, 0.1) is 0 Å². The summed E-state index contributed by atoms with van der Waals surface area (Å²) in [7, 11) is 1.34. The van der Waals surface area contributed by atoms with E-state index in [1.54, 1.807) is 4.90 Å².